The summed E-state index contributed by atoms with van der Waals surface area (Å²) in [7, 11) is 3.88. The van der Waals surface area contributed by atoms with Crippen molar-refractivity contribution in [2.45, 2.75) is 25.7 Å². The zero-order valence-electron chi connectivity index (χ0n) is 29.9. The van der Waals surface area contributed by atoms with Crippen LogP contribution in [0, 0.1) is 36.9 Å². The standard InChI is InChI=1S/C23H19N3.C22H18N4.2Pd/c1-25-13-14-26(18-25)23-12-5-9-20(17-23)16-22-11-6-10-21(24-22)15-19-7-3-2-4-8-19;1-25-12-13-26(17-25)22-23-11-10-21(24-22)16-20-9-5-8-19(15-20)14-18-6-3-2-4-7-18;;/h2-7,9-14H,15-16H2,1H3;2-6,8-13H,14,16H2,1H3;;/q2*-2;;. The van der Waals surface area contributed by atoms with Gasteiger partial charge in [0.15, 0.2) is 0 Å². The van der Waals surface area contributed by atoms with Gasteiger partial charge in [-0.3, -0.25) is 9.55 Å². The second-order valence-electron chi connectivity index (χ2n) is 12.5. The Balaban J connectivity index is 0.000000200. The van der Waals surface area contributed by atoms with Gasteiger partial charge in [0.1, 0.15) is 0 Å². The molecule has 0 bridgehead atoms. The molecule has 0 atom stereocenters. The average Bonchev–Trinajstić information content (AvgIpc) is 3.81. The van der Waals surface area contributed by atoms with Crippen molar-refractivity contribution < 1.29 is 50.0 Å². The minimum absolute atomic E-state index is 0. The van der Waals surface area contributed by atoms with Crippen molar-refractivity contribution in [3.8, 4) is 11.6 Å². The first-order valence-electron chi connectivity index (χ1n) is 17.1. The minimum atomic E-state index is 0. The van der Waals surface area contributed by atoms with Gasteiger partial charge in [0.05, 0.1) is 14.1 Å². The SMILES string of the molecule is C[n+]1[c-]n(-c2[c-]c(Cc3cccc(Cc4[c-]cccc4)n3)ccc2)cc1.C[n+]1[c-]n(-c2nccc(Cc3[c-]c(Cc4[c-]cccc4)ccc3)n2)cc1.[Pd].[Pd]. The first-order valence-corrected chi connectivity index (χ1v) is 17.1. The van der Waals surface area contributed by atoms with Crippen LogP contribution in [-0.4, -0.2) is 24.1 Å². The van der Waals surface area contributed by atoms with Crippen molar-refractivity contribution >= 4 is 0 Å². The van der Waals surface area contributed by atoms with E-state index in [1.807, 2.05) is 101 Å². The summed E-state index contributed by atoms with van der Waals surface area (Å²) in [6, 6.07) is 50.2. The fourth-order valence-electron chi connectivity index (χ4n) is 5.77. The van der Waals surface area contributed by atoms with E-state index in [-0.39, 0.29) is 40.8 Å². The molecule has 0 saturated carbocycles. The first-order chi connectivity index (χ1) is 25.5. The summed E-state index contributed by atoms with van der Waals surface area (Å²) in [6.45, 7) is 0. The molecule has 0 spiro atoms. The van der Waals surface area contributed by atoms with Gasteiger partial charge in [-0.2, -0.15) is 137 Å². The third-order valence-electron chi connectivity index (χ3n) is 8.25. The molecule has 0 fully saturated rings. The molecule has 0 aliphatic heterocycles. The Kier molecular flexibility index (Phi) is 14.7. The summed E-state index contributed by atoms with van der Waals surface area (Å²) in [4.78, 5) is 13.8. The zero-order valence-corrected chi connectivity index (χ0v) is 33.0. The van der Waals surface area contributed by atoms with E-state index < -0.39 is 0 Å². The van der Waals surface area contributed by atoms with Gasteiger partial charge in [0.2, 0.25) is 18.6 Å². The molecule has 4 aromatic carbocycles. The fourth-order valence-corrected chi connectivity index (χ4v) is 5.77. The van der Waals surface area contributed by atoms with Crippen LogP contribution in [-0.2, 0) is 80.6 Å². The van der Waals surface area contributed by atoms with Crippen LogP contribution in [0.3, 0.4) is 0 Å². The number of benzene rings is 4. The Morgan fingerprint density at radius 1 is 0.519 bits per heavy atom. The van der Waals surface area contributed by atoms with Gasteiger partial charge in [0.25, 0.3) is 0 Å². The van der Waals surface area contributed by atoms with Gasteiger partial charge in [0, 0.05) is 88.9 Å². The molecule has 0 unspecified atom stereocenters. The number of aryl methyl sites for hydroxylation is 2. The van der Waals surface area contributed by atoms with Crippen LogP contribution < -0.4 is 9.13 Å². The summed E-state index contributed by atoms with van der Waals surface area (Å²) < 4.78 is 7.47. The Bertz CT molecular complexity index is 2190. The molecule has 4 heterocycles. The Hall–Kier alpha value is -5.15. The van der Waals surface area contributed by atoms with Crippen molar-refractivity contribution in [2.75, 3.05) is 0 Å². The summed E-state index contributed by atoms with van der Waals surface area (Å²) >= 11 is 0. The van der Waals surface area contributed by atoms with Crippen LogP contribution in [0.2, 0.25) is 0 Å². The second-order valence-corrected chi connectivity index (χ2v) is 12.5. The van der Waals surface area contributed by atoms with Crippen molar-refractivity contribution in [3.05, 3.63) is 222 Å². The summed E-state index contributed by atoms with van der Waals surface area (Å²) in [5.74, 6) is 0.623. The number of hydrogen-bond donors (Lipinski definition) is 0. The van der Waals surface area contributed by atoms with E-state index in [1.165, 1.54) is 5.56 Å². The number of hydrogen-bond acceptors (Lipinski definition) is 3. The van der Waals surface area contributed by atoms with Gasteiger partial charge in [-0.15, -0.1) is 0 Å². The molecule has 7 nitrogen and oxygen atoms in total. The van der Waals surface area contributed by atoms with Gasteiger partial charge < -0.3 is 13.7 Å². The third-order valence-corrected chi connectivity index (χ3v) is 8.25. The molecular weight excluding hydrogens is 851 g/mol. The monoisotopic (exact) mass is 887 g/mol. The molecule has 8 aromatic rings. The maximum Gasteiger partial charge on any atom is 0.245 e. The number of nitrogens with zero attached hydrogens (tertiary/aromatic N) is 7. The smallest absolute Gasteiger partial charge is 0.245 e. The van der Waals surface area contributed by atoms with Crippen LogP contribution in [0.15, 0.2) is 140 Å². The summed E-state index contributed by atoms with van der Waals surface area (Å²) in [5, 5.41) is 0. The Morgan fingerprint density at radius 2 is 1.04 bits per heavy atom. The summed E-state index contributed by atoms with van der Waals surface area (Å²) in [5.41, 5.74) is 9.76. The van der Waals surface area contributed by atoms with E-state index in [2.05, 4.69) is 108 Å². The minimum Gasteiger partial charge on any atom is -0.348 e. The van der Waals surface area contributed by atoms with Gasteiger partial charge in [-0.1, -0.05) is 11.8 Å². The van der Waals surface area contributed by atoms with Crippen molar-refractivity contribution in [1.29, 1.82) is 0 Å². The van der Waals surface area contributed by atoms with E-state index >= 15 is 0 Å². The topological polar surface area (TPSA) is 56.3 Å². The van der Waals surface area contributed by atoms with E-state index in [4.69, 9.17) is 4.98 Å². The molecule has 8 rings (SSSR count). The van der Waals surface area contributed by atoms with E-state index in [0.29, 0.717) is 5.95 Å². The van der Waals surface area contributed by atoms with Crippen molar-refractivity contribution in [1.82, 2.24) is 24.1 Å². The number of imidazole rings is 2. The summed E-state index contributed by atoms with van der Waals surface area (Å²) in [6.07, 6.45) is 19.0. The molecule has 0 aliphatic carbocycles. The maximum atomic E-state index is 4.81. The van der Waals surface area contributed by atoms with Crippen LogP contribution in [0.1, 0.15) is 44.9 Å². The van der Waals surface area contributed by atoms with Gasteiger partial charge in [-0.05, 0) is 43.9 Å². The number of rotatable bonds is 10. The Labute approximate surface area is 345 Å². The van der Waals surface area contributed by atoms with E-state index in [1.54, 1.807) is 10.8 Å². The average molecular weight is 889 g/mol. The second kappa shape index (κ2) is 19.8. The van der Waals surface area contributed by atoms with Crippen molar-refractivity contribution in [3.63, 3.8) is 0 Å². The van der Waals surface area contributed by atoms with Crippen LogP contribution in [0.5, 0.6) is 0 Å². The number of pyridine rings is 1. The molecule has 0 amide bonds. The van der Waals surface area contributed by atoms with Crippen LogP contribution in [0.4, 0.5) is 0 Å². The number of aromatic nitrogens is 7. The maximum absolute atomic E-state index is 4.81. The van der Waals surface area contributed by atoms with Gasteiger partial charge in [-0.25, -0.2) is 9.97 Å². The molecule has 54 heavy (non-hydrogen) atoms. The predicted molar refractivity (Wildman–Crippen MR) is 197 cm³/mol. The van der Waals surface area contributed by atoms with Crippen LogP contribution >= 0.6 is 0 Å². The predicted octanol–water partition coefficient (Wildman–Crippen LogP) is 5.95. The Morgan fingerprint density at radius 3 is 1.65 bits per heavy atom. The molecule has 9 heteroatoms. The molecule has 4 aromatic heterocycles. The zero-order chi connectivity index (χ0) is 35.5. The first kappa shape index (κ1) is 40.0. The quantitative estimate of drug-likeness (QED) is 0.0971. The van der Waals surface area contributed by atoms with Gasteiger partial charge >= 0.3 is 0 Å². The molecule has 0 N–H and O–H groups in total. The molecule has 276 valence electrons. The fraction of sp³-hybridized carbons (Fsp3) is 0.133. The molecular formula is C45H37N7Pd2-4. The largest absolute Gasteiger partial charge is 0.348 e. The van der Waals surface area contributed by atoms with E-state index in [0.717, 1.165) is 70.7 Å². The molecule has 0 radical (unpaired) electrons. The molecule has 0 saturated heterocycles. The normalized spacial score (nSPS) is 10.4. The van der Waals surface area contributed by atoms with Crippen LogP contribution in [0.25, 0.3) is 11.6 Å². The third kappa shape index (κ3) is 11.4. The molecule has 0 aliphatic rings. The van der Waals surface area contributed by atoms with Crippen molar-refractivity contribution in [2.24, 2.45) is 14.1 Å². The van der Waals surface area contributed by atoms with E-state index in [9.17, 15) is 0 Å².